The predicted octanol–water partition coefficient (Wildman–Crippen LogP) is 2.96. The largest absolute Gasteiger partial charge is 0.334 e. The van der Waals surface area contributed by atoms with Crippen molar-refractivity contribution in [1.29, 1.82) is 0 Å². The Kier molecular flexibility index (Phi) is 3.81. The van der Waals surface area contributed by atoms with Gasteiger partial charge in [-0.15, -0.1) is 0 Å². The van der Waals surface area contributed by atoms with Crippen molar-refractivity contribution in [3.63, 3.8) is 0 Å². The number of hydrogen-bond acceptors (Lipinski definition) is 2. The molecule has 0 saturated carbocycles. The van der Waals surface area contributed by atoms with Crippen molar-refractivity contribution < 1.29 is 0 Å². The first kappa shape index (κ1) is 13.6. The summed E-state index contributed by atoms with van der Waals surface area (Å²) in [4.78, 5) is 4.40. The van der Waals surface area contributed by atoms with Crippen molar-refractivity contribution >= 4 is 0 Å². The van der Waals surface area contributed by atoms with Gasteiger partial charge in [-0.3, -0.25) is 0 Å². The van der Waals surface area contributed by atoms with Gasteiger partial charge < -0.3 is 9.88 Å². The van der Waals surface area contributed by atoms with Gasteiger partial charge in [-0.05, 0) is 37.8 Å². The lowest BCUT2D eigenvalue weighted by atomic mass is 9.78. The average molecular weight is 249 g/mol. The Bertz CT molecular complexity index is 386. The molecule has 1 saturated heterocycles. The lowest BCUT2D eigenvalue weighted by Gasteiger charge is -2.36. The molecule has 0 atom stereocenters. The van der Waals surface area contributed by atoms with Crippen molar-refractivity contribution in [1.82, 2.24) is 14.9 Å². The standard InChI is InChI=1S/C15H27N3/c1-5-14(2,3)11-18-12-17-10-13(18)15(4)6-8-16-9-7-15/h10,12,16H,5-9,11H2,1-4H3. The minimum atomic E-state index is 0.297. The quantitative estimate of drug-likeness (QED) is 0.889. The van der Waals surface area contributed by atoms with E-state index in [1.165, 1.54) is 25.0 Å². The Labute approximate surface area is 111 Å². The summed E-state index contributed by atoms with van der Waals surface area (Å²) in [6.07, 6.45) is 7.72. The molecule has 0 unspecified atom stereocenters. The third-order valence-electron chi connectivity index (χ3n) is 4.59. The van der Waals surface area contributed by atoms with Crippen LogP contribution in [0.5, 0.6) is 0 Å². The Hall–Kier alpha value is -0.830. The van der Waals surface area contributed by atoms with Crippen LogP contribution in [0.1, 0.15) is 52.7 Å². The maximum absolute atomic E-state index is 4.40. The van der Waals surface area contributed by atoms with Crippen LogP contribution in [0.2, 0.25) is 0 Å². The SMILES string of the molecule is CCC(C)(C)Cn1cncc1C1(C)CCNCC1. The molecule has 2 rings (SSSR count). The Morgan fingerprint density at radius 3 is 2.67 bits per heavy atom. The molecule has 1 fully saturated rings. The van der Waals surface area contributed by atoms with E-state index in [4.69, 9.17) is 0 Å². The fourth-order valence-corrected chi connectivity index (χ4v) is 2.76. The van der Waals surface area contributed by atoms with E-state index in [2.05, 4.69) is 48.8 Å². The van der Waals surface area contributed by atoms with Crippen LogP contribution in [-0.2, 0) is 12.0 Å². The van der Waals surface area contributed by atoms with Crippen molar-refractivity contribution in [3.8, 4) is 0 Å². The molecule has 0 spiro atoms. The Morgan fingerprint density at radius 2 is 2.06 bits per heavy atom. The molecular formula is C15H27N3. The van der Waals surface area contributed by atoms with Crippen LogP contribution >= 0.6 is 0 Å². The summed E-state index contributed by atoms with van der Waals surface area (Å²) < 4.78 is 2.38. The molecule has 0 bridgehead atoms. The lowest BCUT2D eigenvalue weighted by Crippen LogP contribution is -2.39. The first-order chi connectivity index (χ1) is 8.47. The lowest BCUT2D eigenvalue weighted by molar-refractivity contribution is 0.265. The Balaban J connectivity index is 2.21. The molecule has 1 N–H and O–H groups in total. The second kappa shape index (κ2) is 5.04. The maximum atomic E-state index is 4.40. The van der Waals surface area contributed by atoms with Gasteiger partial charge in [0.2, 0.25) is 0 Å². The minimum absolute atomic E-state index is 0.297. The van der Waals surface area contributed by atoms with Crippen molar-refractivity contribution in [2.45, 2.75) is 58.9 Å². The van der Waals surface area contributed by atoms with E-state index in [0.717, 1.165) is 19.6 Å². The van der Waals surface area contributed by atoms with Gasteiger partial charge in [0.25, 0.3) is 0 Å². The van der Waals surface area contributed by atoms with Crippen LogP contribution in [0.4, 0.5) is 0 Å². The summed E-state index contributed by atoms with van der Waals surface area (Å²) in [6.45, 7) is 12.6. The molecule has 0 amide bonds. The van der Waals surface area contributed by atoms with Crippen molar-refractivity contribution in [3.05, 3.63) is 18.2 Å². The maximum Gasteiger partial charge on any atom is 0.0948 e. The number of piperidine rings is 1. The summed E-state index contributed by atoms with van der Waals surface area (Å²) in [5, 5.41) is 3.45. The average Bonchev–Trinajstić information content (AvgIpc) is 2.78. The van der Waals surface area contributed by atoms with E-state index in [9.17, 15) is 0 Å². The highest BCUT2D eigenvalue weighted by Crippen LogP contribution is 2.34. The van der Waals surface area contributed by atoms with Gasteiger partial charge >= 0.3 is 0 Å². The third kappa shape index (κ3) is 2.77. The highest BCUT2D eigenvalue weighted by molar-refractivity contribution is 5.15. The molecule has 3 heteroatoms. The molecular weight excluding hydrogens is 222 g/mol. The zero-order chi connectivity index (χ0) is 13.2. The predicted molar refractivity (Wildman–Crippen MR) is 75.8 cm³/mol. The van der Waals surface area contributed by atoms with E-state index < -0.39 is 0 Å². The van der Waals surface area contributed by atoms with Crippen LogP contribution in [0.25, 0.3) is 0 Å². The summed E-state index contributed by atoms with van der Waals surface area (Å²) in [6, 6.07) is 0. The molecule has 1 aromatic heterocycles. The normalized spacial score (nSPS) is 20.0. The summed E-state index contributed by atoms with van der Waals surface area (Å²) in [5.41, 5.74) is 2.06. The second-order valence-corrected chi connectivity index (χ2v) is 6.74. The molecule has 1 aliphatic rings. The summed E-state index contributed by atoms with van der Waals surface area (Å²) in [7, 11) is 0. The molecule has 1 aromatic rings. The topological polar surface area (TPSA) is 29.9 Å². The number of imidazole rings is 1. The minimum Gasteiger partial charge on any atom is -0.334 e. The molecule has 0 aromatic carbocycles. The molecule has 0 radical (unpaired) electrons. The molecule has 102 valence electrons. The summed E-state index contributed by atoms with van der Waals surface area (Å²) >= 11 is 0. The van der Waals surface area contributed by atoms with E-state index >= 15 is 0 Å². The highest BCUT2D eigenvalue weighted by Gasteiger charge is 2.32. The molecule has 18 heavy (non-hydrogen) atoms. The van der Waals surface area contributed by atoms with Gasteiger partial charge in [-0.25, -0.2) is 4.98 Å². The van der Waals surface area contributed by atoms with E-state index in [-0.39, 0.29) is 0 Å². The van der Waals surface area contributed by atoms with Crippen LogP contribution in [0.3, 0.4) is 0 Å². The fraction of sp³-hybridized carbons (Fsp3) is 0.800. The molecule has 2 heterocycles. The van der Waals surface area contributed by atoms with Gasteiger partial charge in [0, 0.05) is 23.9 Å². The zero-order valence-electron chi connectivity index (χ0n) is 12.3. The summed E-state index contributed by atoms with van der Waals surface area (Å²) in [5.74, 6) is 0. The second-order valence-electron chi connectivity index (χ2n) is 6.74. The van der Waals surface area contributed by atoms with Gasteiger partial charge in [-0.2, -0.15) is 0 Å². The number of hydrogen-bond donors (Lipinski definition) is 1. The first-order valence-electron chi connectivity index (χ1n) is 7.18. The van der Waals surface area contributed by atoms with Crippen LogP contribution < -0.4 is 5.32 Å². The van der Waals surface area contributed by atoms with Crippen LogP contribution in [0.15, 0.2) is 12.5 Å². The highest BCUT2D eigenvalue weighted by atomic mass is 15.1. The number of nitrogens with zero attached hydrogens (tertiary/aromatic N) is 2. The van der Waals surface area contributed by atoms with Gasteiger partial charge in [-0.1, -0.05) is 27.7 Å². The zero-order valence-corrected chi connectivity index (χ0v) is 12.3. The van der Waals surface area contributed by atoms with Crippen LogP contribution in [-0.4, -0.2) is 22.6 Å². The number of rotatable bonds is 4. The Morgan fingerprint density at radius 1 is 1.39 bits per heavy atom. The van der Waals surface area contributed by atoms with E-state index in [0.29, 0.717) is 10.8 Å². The fourth-order valence-electron chi connectivity index (χ4n) is 2.76. The van der Waals surface area contributed by atoms with Crippen molar-refractivity contribution in [2.75, 3.05) is 13.1 Å². The number of nitrogens with one attached hydrogen (secondary N) is 1. The third-order valence-corrected chi connectivity index (χ3v) is 4.59. The van der Waals surface area contributed by atoms with Gasteiger partial charge in [0.15, 0.2) is 0 Å². The van der Waals surface area contributed by atoms with Crippen molar-refractivity contribution in [2.24, 2.45) is 5.41 Å². The van der Waals surface area contributed by atoms with Gasteiger partial charge in [0.05, 0.1) is 6.33 Å². The molecule has 0 aliphatic carbocycles. The molecule has 3 nitrogen and oxygen atoms in total. The van der Waals surface area contributed by atoms with E-state index in [1.54, 1.807) is 0 Å². The first-order valence-corrected chi connectivity index (χ1v) is 7.18. The van der Waals surface area contributed by atoms with Crippen LogP contribution in [0, 0.1) is 5.41 Å². The smallest absolute Gasteiger partial charge is 0.0948 e. The molecule has 1 aliphatic heterocycles. The van der Waals surface area contributed by atoms with E-state index in [1.807, 2.05) is 6.33 Å². The monoisotopic (exact) mass is 249 g/mol. The number of aromatic nitrogens is 2. The van der Waals surface area contributed by atoms with Gasteiger partial charge in [0.1, 0.15) is 0 Å².